The maximum absolute atomic E-state index is 5.15. The van der Waals surface area contributed by atoms with Gasteiger partial charge >= 0.3 is 0 Å². The second-order valence-corrected chi connectivity index (χ2v) is 9.28. The number of aromatic nitrogens is 1. The molecule has 1 aromatic heterocycles. The Balaban J connectivity index is 2.28. The third-order valence-electron chi connectivity index (χ3n) is 5.09. The fourth-order valence-corrected chi connectivity index (χ4v) is 3.63. The summed E-state index contributed by atoms with van der Waals surface area (Å²) in [5.41, 5.74) is 5.30. The van der Waals surface area contributed by atoms with Crippen LogP contribution in [0, 0.1) is 0 Å². The minimum Gasteiger partial charge on any atom is -0.370 e. The largest absolute Gasteiger partial charge is 0.370 e. The van der Waals surface area contributed by atoms with Crippen molar-refractivity contribution in [1.82, 2.24) is 4.98 Å². The van der Waals surface area contributed by atoms with E-state index >= 15 is 0 Å². The van der Waals surface area contributed by atoms with E-state index in [1.165, 1.54) is 47.1 Å². The van der Waals surface area contributed by atoms with E-state index in [9.17, 15) is 0 Å². The second-order valence-electron chi connectivity index (χ2n) is 9.28. The predicted molar refractivity (Wildman–Crippen MR) is 105 cm³/mol. The van der Waals surface area contributed by atoms with E-state index in [4.69, 9.17) is 4.98 Å². The minimum absolute atomic E-state index is 0.0587. The molecule has 0 bridgehead atoms. The average molecular weight is 325 g/mol. The SMILES string of the molecule is CC(C)(C)c1cc(C(C)(C)C)c2cccc(N3CCCCC3)c2n1. The predicted octanol–water partition coefficient (Wildman–Crippen LogP) is 5.82. The van der Waals surface area contributed by atoms with Crippen LogP contribution in [-0.2, 0) is 10.8 Å². The Labute approximate surface area is 147 Å². The van der Waals surface area contributed by atoms with Gasteiger partial charge in [0, 0.05) is 29.6 Å². The van der Waals surface area contributed by atoms with E-state index in [2.05, 4.69) is 70.7 Å². The second kappa shape index (κ2) is 6.06. The molecule has 1 aliphatic heterocycles. The molecular weight excluding hydrogens is 292 g/mol. The number of fused-ring (bicyclic) bond motifs is 1. The van der Waals surface area contributed by atoms with Crippen LogP contribution in [0.1, 0.15) is 72.1 Å². The van der Waals surface area contributed by atoms with Gasteiger partial charge in [0.2, 0.25) is 0 Å². The van der Waals surface area contributed by atoms with Gasteiger partial charge in [-0.2, -0.15) is 0 Å². The molecule has 3 rings (SSSR count). The van der Waals surface area contributed by atoms with Crippen LogP contribution in [0.25, 0.3) is 10.9 Å². The lowest BCUT2D eigenvalue weighted by Crippen LogP contribution is -2.30. The molecule has 0 saturated carbocycles. The molecule has 0 aliphatic carbocycles. The molecule has 1 fully saturated rings. The number of hydrogen-bond acceptors (Lipinski definition) is 2. The van der Waals surface area contributed by atoms with Gasteiger partial charge < -0.3 is 4.90 Å². The lowest BCUT2D eigenvalue weighted by molar-refractivity contribution is 0.557. The normalized spacial score (nSPS) is 16.7. The Morgan fingerprint density at radius 2 is 1.54 bits per heavy atom. The van der Waals surface area contributed by atoms with Crippen molar-refractivity contribution in [3.05, 3.63) is 35.5 Å². The fourth-order valence-electron chi connectivity index (χ4n) is 3.63. The van der Waals surface area contributed by atoms with Gasteiger partial charge in [-0.1, -0.05) is 53.7 Å². The molecule has 24 heavy (non-hydrogen) atoms. The molecule has 0 amide bonds. The van der Waals surface area contributed by atoms with Gasteiger partial charge in [-0.25, -0.2) is 0 Å². The van der Waals surface area contributed by atoms with Gasteiger partial charge in [-0.3, -0.25) is 4.98 Å². The molecule has 2 nitrogen and oxygen atoms in total. The third kappa shape index (κ3) is 3.29. The Morgan fingerprint density at radius 3 is 2.12 bits per heavy atom. The average Bonchev–Trinajstić information content (AvgIpc) is 2.52. The third-order valence-corrected chi connectivity index (χ3v) is 5.09. The zero-order valence-corrected chi connectivity index (χ0v) is 16.2. The van der Waals surface area contributed by atoms with E-state index < -0.39 is 0 Å². The summed E-state index contributed by atoms with van der Waals surface area (Å²) in [7, 11) is 0. The Hall–Kier alpha value is -1.57. The van der Waals surface area contributed by atoms with Crippen molar-refractivity contribution in [3.8, 4) is 0 Å². The van der Waals surface area contributed by atoms with Crippen LogP contribution >= 0.6 is 0 Å². The molecule has 0 radical (unpaired) electrons. The van der Waals surface area contributed by atoms with E-state index in [0.717, 1.165) is 13.1 Å². The van der Waals surface area contributed by atoms with Crippen molar-refractivity contribution in [1.29, 1.82) is 0 Å². The van der Waals surface area contributed by atoms with E-state index in [1.54, 1.807) is 0 Å². The molecule has 130 valence electrons. The molecule has 2 heterocycles. The van der Waals surface area contributed by atoms with Crippen LogP contribution < -0.4 is 4.90 Å². The van der Waals surface area contributed by atoms with Gasteiger partial charge in [0.1, 0.15) is 0 Å². The lowest BCUT2D eigenvalue weighted by atomic mass is 9.81. The highest BCUT2D eigenvalue weighted by Gasteiger charge is 2.25. The molecule has 2 aromatic rings. The minimum atomic E-state index is 0.0587. The number of para-hydroxylation sites is 1. The highest BCUT2D eigenvalue weighted by atomic mass is 15.1. The highest BCUT2D eigenvalue weighted by Crippen LogP contribution is 2.37. The van der Waals surface area contributed by atoms with Crippen LogP contribution in [-0.4, -0.2) is 18.1 Å². The number of benzene rings is 1. The number of rotatable bonds is 1. The molecule has 0 atom stereocenters. The quantitative estimate of drug-likeness (QED) is 0.657. The van der Waals surface area contributed by atoms with E-state index in [1.807, 2.05) is 0 Å². The highest BCUT2D eigenvalue weighted by molar-refractivity contribution is 5.94. The van der Waals surface area contributed by atoms with Crippen LogP contribution in [0.15, 0.2) is 24.3 Å². The van der Waals surface area contributed by atoms with Crippen LogP contribution in [0.3, 0.4) is 0 Å². The molecule has 1 aliphatic rings. The van der Waals surface area contributed by atoms with Gasteiger partial charge in [0.25, 0.3) is 0 Å². The van der Waals surface area contributed by atoms with Crippen LogP contribution in [0.4, 0.5) is 5.69 Å². The summed E-state index contributed by atoms with van der Waals surface area (Å²) in [4.78, 5) is 7.69. The molecule has 0 unspecified atom stereocenters. The summed E-state index contributed by atoms with van der Waals surface area (Å²) in [6, 6.07) is 9.06. The molecule has 1 saturated heterocycles. The summed E-state index contributed by atoms with van der Waals surface area (Å²) in [5.74, 6) is 0. The van der Waals surface area contributed by atoms with Gasteiger partial charge in [0.05, 0.1) is 11.2 Å². The number of nitrogens with zero attached hydrogens (tertiary/aromatic N) is 2. The number of pyridine rings is 1. The monoisotopic (exact) mass is 324 g/mol. The van der Waals surface area contributed by atoms with Crippen molar-refractivity contribution in [2.24, 2.45) is 0 Å². The summed E-state index contributed by atoms with van der Waals surface area (Å²) in [5, 5.41) is 1.32. The Kier molecular flexibility index (Phi) is 4.36. The van der Waals surface area contributed by atoms with Gasteiger partial charge in [-0.05, 0) is 42.4 Å². The first-order valence-electron chi connectivity index (χ1n) is 9.37. The lowest BCUT2D eigenvalue weighted by Gasteiger charge is -2.31. The Bertz CT molecular complexity index is 726. The van der Waals surface area contributed by atoms with Crippen LogP contribution in [0.2, 0.25) is 0 Å². The Morgan fingerprint density at radius 1 is 0.875 bits per heavy atom. The molecular formula is C22H32N2. The van der Waals surface area contributed by atoms with E-state index in [0.29, 0.717) is 0 Å². The molecule has 0 spiro atoms. The van der Waals surface area contributed by atoms with E-state index in [-0.39, 0.29) is 10.8 Å². The van der Waals surface area contributed by atoms with Gasteiger partial charge in [0.15, 0.2) is 0 Å². The number of hydrogen-bond donors (Lipinski definition) is 0. The van der Waals surface area contributed by atoms with Crippen molar-refractivity contribution < 1.29 is 0 Å². The molecule has 2 heteroatoms. The summed E-state index contributed by atoms with van der Waals surface area (Å²) in [6.07, 6.45) is 3.94. The topological polar surface area (TPSA) is 16.1 Å². The maximum atomic E-state index is 5.15. The fraction of sp³-hybridized carbons (Fsp3) is 0.591. The van der Waals surface area contributed by atoms with Crippen molar-refractivity contribution in [2.45, 2.75) is 71.6 Å². The number of piperidine rings is 1. The van der Waals surface area contributed by atoms with Crippen molar-refractivity contribution >= 4 is 16.6 Å². The summed E-state index contributed by atoms with van der Waals surface area (Å²) in [6.45, 7) is 16.0. The summed E-state index contributed by atoms with van der Waals surface area (Å²) >= 11 is 0. The zero-order chi connectivity index (χ0) is 17.5. The zero-order valence-electron chi connectivity index (χ0n) is 16.2. The first-order valence-corrected chi connectivity index (χ1v) is 9.37. The molecule has 0 N–H and O–H groups in total. The standard InChI is InChI=1S/C22H32N2/c1-21(2,3)17-15-19(22(4,5)6)23-20-16(17)11-10-12-18(20)24-13-8-7-9-14-24/h10-12,15H,7-9,13-14H2,1-6H3. The van der Waals surface area contributed by atoms with Crippen molar-refractivity contribution in [3.63, 3.8) is 0 Å². The first kappa shape index (κ1) is 17.3. The summed E-state index contributed by atoms with van der Waals surface area (Å²) < 4.78 is 0. The first-order chi connectivity index (χ1) is 11.2. The number of anilines is 1. The van der Waals surface area contributed by atoms with Crippen molar-refractivity contribution in [2.75, 3.05) is 18.0 Å². The van der Waals surface area contributed by atoms with Gasteiger partial charge in [-0.15, -0.1) is 0 Å². The van der Waals surface area contributed by atoms with Crippen LogP contribution in [0.5, 0.6) is 0 Å². The smallest absolute Gasteiger partial charge is 0.0941 e. The molecule has 1 aromatic carbocycles. The maximum Gasteiger partial charge on any atom is 0.0941 e.